The van der Waals surface area contributed by atoms with Crippen molar-refractivity contribution in [2.45, 2.75) is 137 Å². The molecule has 0 aromatic rings. The molecule has 11 atom stereocenters. The van der Waals surface area contributed by atoms with Crippen LogP contribution in [-0.4, -0.2) is 81.1 Å². The average molecular weight is 635 g/mol. The molecule has 0 aromatic heterocycles. The van der Waals surface area contributed by atoms with Crippen LogP contribution in [0.15, 0.2) is 11.6 Å². The van der Waals surface area contributed by atoms with Crippen molar-refractivity contribution in [3.63, 3.8) is 0 Å². The molecule has 0 unspecified atom stereocenters. The van der Waals surface area contributed by atoms with Gasteiger partial charge in [0.2, 0.25) is 0 Å². The van der Waals surface area contributed by atoms with Crippen LogP contribution in [-0.2, 0) is 28.7 Å². The molecule has 0 amide bonds. The number of aliphatic carboxylic acids is 1. The van der Waals surface area contributed by atoms with E-state index in [1.807, 2.05) is 27.7 Å². The predicted octanol–water partition coefficient (Wildman–Crippen LogP) is 4.01. The number of carbonyl (C=O) groups excluding carboxylic acids is 3. The molecule has 10 heteroatoms. The summed E-state index contributed by atoms with van der Waals surface area (Å²) in [4.78, 5) is 51.9. The lowest BCUT2D eigenvalue weighted by Crippen LogP contribution is -2.70. The van der Waals surface area contributed by atoms with Gasteiger partial charge in [0, 0.05) is 47.0 Å². The number of aliphatic hydroxyl groups is 3. The number of allylic oxidation sites excluding steroid dienone is 1. The standard InChI is InChI=1S/C35H54O10/c1-19(9-8-10-20(2)30(42)43)21(36)13-16-34(6)26(39)12-11-23-33(5)15-14-25(38)32(3,4)24(33)17-27(35(23,34)7)45-31-29(41)28(40)22(37)18-44-31/h10,19,22-24,27-29,31,37,40-41H,8-9,11-18H2,1-7H3,(H,42,43)/b20-10+/t19-,22-,23-,24+,27-,28+,29-,31+,33-,34-,35+/m1/s1. The summed E-state index contributed by atoms with van der Waals surface area (Å²) in [6, 6.07) is 0. The number of fused-ring (bicyclic) bond motifs is 3. The number of ether oxygens (including phenoxy) is 2. The molecule has 254 valence electrons. The minimum Gasteiger partial charge on any atom is -0.478 e. The molecular formula is C35H54O10. The molecule has 0 aromatic carbocycles. The van der Waals surface area contributed by atoms with E-state index in [1.54, 1.807) is 6.08 Å². The molecule has 0 radical (unpaired) electrons. The zero-order valence-corrected chi connectivity index (χ0v) is 28.0. The van der Waals surface area contributed by atoms with E-state index in [0.717, 1.165) is 0 Å². The van der Waals surface area contributed by atoms with E-state index in [1.165, 1.54) is 6.92 Å². The van der Waals surface area contributed by atoms with E-state index in [-0.39, 0.29) is 59.1 Å². The summed E-state index contributed by atoms with van der Waals surface area (Å²) < 4.78 is 12.3. The van der Waals surface area contributed by atoms with Gasteiger partial charge in [-0.2, -0.15) is 0 Å². The van der Waals surface area contributed by atoms with Crippen LogP contribution < -0.4 is 0 Å². The molecule has 45 heavy (non-hydrogen) atoms. The van der Waals surface area contributed by atoms with Gasteiger partial charge in [0.1, 0.15) is 35.7 Å². The van der Waals surface area contributed by atoms with Crippen molar-refractivity contribution in [2.24, 2.45) is 39.4 Å². The van der Waals surface area contributed by atoms with Crippen molar-refractivity contribution in [1.29, 1.82) is 0 Å². The quantitative estimate of drug-likeness (QED) is 0.204. The van der Waals surface area contributed by atoms with Crippen LogP contribution in [0, 0.1) is 39.4 Å². The molecule has 0 spiro atoms. The minimum atomic E-state index is -1.50. The van der Waals surface area contributed by atoms with Gasteiger partial charge >= 0.3 is 5.97 Å². The lowest BCUT2D eigenvalue weighted by atomic mass is 9.35. The first-order chi connectivity index (χ1) is 20.8. The molecule has 1 saturated heterocycles. The van der Waals surface area contributed by atoms with Gasteiger partial charge in [0.15, 0.2) is 6.29 Å². The van der Waals surface area contributed by atoms with Gasteiger partial charge in [-0.3, -0.25) is 14.4 Å². The highest BCUT2D eigenvalue weighted by molar-refractivity contribution is 5.89. The minimum absolute atomic E-state index is 0.0148. The second-order valence-electron chi connectivity index (χ2n) is 15.6. The van der Waals surface area contributed by atoms with Crippen LogP contribution in [0.5, 0.6) is 0 Å². The van der Waals surface area contributed by atoms with Crippen LogP contribution in [0.3, 0.4) is 0 Å². The highest BCUT2D eigenvalue weighted by Gasteiger charge is 2.71. The lowest BCUT2D eigenvalue weighted by molar-refractivity contribution is -0.323. The third-order valence-corrected chi connectivity index (χ3v) is 12.9. The Morgan fingerprint density at radius 2 is 1.69 bits per heavy atom. The Morgan fingerprint density at radius 3 is 2.33 bits per heavy atom. The van der Waals surface area contributed by atoms with Gasteiger partial charge in [-0.05, 0) is 62.7 Å². The first kappa shape index (κ1) is 35.9. The van der Waals surface area contributed by atoms with E-state index in [4.69, 9.17) is 14.6 Å². The predicted molar refractivity (Wildman–Crippen MR) is 165 cm³/mol. The number of carboxylic acids is 1. The average Bonchev–Trinajstić information content (AvgIpc) is 2.97. The van der Waals surface area contributed by atoms with Crippen molar-refractivity contribution < 1.29 is 49.1 Å². The Hall–Kier alpha value is -1.98. The molecular weight excluding hydrogens is 580 g/mol. The normalized spacial score (nSPS) is 42.4. The molecule has 3 saturated carbocycles. The molecule has 1 aliphatic heterocycles. The Labute approximate surface area is 266 Å². The zero-order valence-electron chi connectivity index (χ0n) is 28.0. The SMILES string of the molecule is C/C(=C\CC[C@@H](C)C(=O)CC[C@]1(C)C(=O)CC[C@@H]2[C@@]3(C)CCC(=O)C(C)(C)[C@@H]3C[C@@H](O[C@@H]3OC[C@@H](O)[C@H](O)[C@H]3O)[C@]21C)C(=O)O. The summed E-state index contributed by atoms with van der Waals surface area (Å²) in [5, 5.41) is 40.4. The fourth-order valence-electron chi connectivity index (χ4n) is 9.55. The van der Waals surface area contributed by atoms with E-state index in [2.05, 4.69) is 13.8 Å². The molecule has 4 aliphatic rings. The summed E-state index contributed by atoms with van der Waals surface area (Å²) in [5.74, 6) is -1.11. The van der Waals surface area contributed by atoms with Crippen molar-refractivity contribution in [3.8, 4) is 0 Å². The highest BCUT2D eigenvalue weighted by atomic mass is 16.7. The van der Waals surface area contributed by atoms with E-state index < -0.39 is 52.9 Å². The number of aliphatic hydroxyl groups excluding tert-OH is 3. The highest BCUT2D eigenvalue weighted by Crippen LogP contribution is 2.71. The van der Waals surface area contributed by atoms with Crippen molar-refractivity contribution >= 4 is 23.3 Å². The Morgan fingerprint density at radius 1 is 1.02 bits per heavy atom. The van der Waals surface area contributed by atoms with Crippen molar-refractivity contribution in [3.05, 3.63) is 11.6 Å². The summed E-state index contributed by atoms with van der Waals surface area (Å²) >= 11 is 0. The summed E-state index contributed by atoms with van der Waals surface area (Å²) in [6.45, 7) is 13.4. The number of carboxylic acid groups (broad SMARTS) is 1. The third-order valence-electron chi connectivity index (χ3n) is 12.9. The Bertz CT molecular complexity index is 1210. The van der Waals surface area contributed by atoms with Gasteiger partial charge in [-0.15, -0.1) is 0 Å². The smallest absolute Gasteiger partial charge is 0.330 e. The molecule has 3 aliphatic carbocycles. The number of hydrogen-bond acceptors (Lipinski definition) is 9. The van der Waals surface area contributed by atoms with Crippen LogP contribution in [0.25, 0.3) is 0 Å². The van der Waals surface area contributed by atoms with E-state index >= 15 is 0 Å². The maximum absolute atomic E-state index is 14.1. The Kier molecular flexibility index (Phi) is 10.3. The number of rotatable bonds is 10. The Balaban J connectivity index is 1.67. The first-order valence-corrected chi connectivity index (χ1v) is 16.6. The lowest BCUT2D eigenvalue weighted by Gasteiger charge is -2.69. The van der Waals surface area contributed by atoms with Crippen LogP contribution in [0.2, 0.25) is 0 Å². The van der Waals surface area contributed by atoms with Crippen LogP contribution in [0.1, 0.15) is 106 Å². The maximum atomic E-state index is 14.1. The number of carbonyl (C=O) groups is 4. The molecule has 10 nitrogen and oxygen atoms in total. The monoisotopic (exact) mass is 634 g/mol. The summed E-state index contributed by atoms with van der Waals surface area (Å²) in [7, 11) is 0. The van der Waals surface area contributed by atoms with Crippen LogP contribution >= 0.6 is 0 Å². The second-order valence-corrected chi connectivity index (χ2v) is 15.6. The summed E-state index contributed by atoms with van der Waals surface area (Å²) in [5.41, 5.74) is -2.42. The number of ketones is 3. The van der Waals surface area contributed by atoms with Crippen LogP contribution in [0.4, 0.5) is 0 Å². The maximum Gasteiger partial charge on any atom is 0.330 e. The second kappa shape index (κ2) is 12.9. The number of Topliss-reactive ketones (excluding diaryl/α,β-unsaturated/α-hetero) is 3. The fraction of sp³-hybridized carbons (Fsp3) is 0.829. The van der Waals surface area contributed by atoms with Gasteiger partial charge in [-0.25, -0.2) is 4.79 Å². The first-order valence-electron chi connectivity index (χ1n) is 16.6. The largest absolute Gasteiger partial charge is 0.478 e. The van der Waals surface area contributed by atoms with E-state index in [0.29, 0.717) is 51.4 Å². The fourth-order valence-corrected chi connectivity index (χ4v) is 9.55. The number of hydrogen-bond donors (Lipinski definition) is 4. The summed E-state index contributed by atoms with van der Waals surface area (Å²) in [6.07, 6.45) is -0.424. The molecule has 1 heterocycles. The topological polar surface area (TPSA) is 168 Å². The van der Waals surface area contributed by atoms with Crippen molar-refractivity contribution in [2.75, 3.05) is 6.61 Å². The molecule has 4 fully saturated rings. The van der Waals surface area contributed by atoms with Gasteiger partial charge in [0.25, 0.3) is 0 Å². The molecule has 4 rings (SSSR count). The molecule has 4 N–H and O–H groups in total. The third kappa shape index (κ3) is 6.10. The zero-order chi connectivity index (χ0) is 33.7. The molecule has 0 bridgehead atoms. The van der Waals surface area contributed by atoms with Gasteiger partial charge in [-0.1, -0.05) is 47.6 Å². The van der Waals surface area contributed by atoms with Gasteiger partial charge in [0.05, 0.1) is 12.7 Å². The van der Waals surface area contributed by atoms with E-state index in [9.17, 15) is 34.5 Å². The van der Waals surface area contributed by atoms with Gasteiger partial charge < -0.3 is 29.9 Å². The van der Waals surface area contributed by atoms with Crippen molar-refractivity contribution in [1.82, 2.24) is 0 Å².